The van der Waals surface area contributed by atoms with Gasteiger partial charge in [-0.3, -0.25) is 5.32 Å². The maximum absolute atomic E-state index is 6.62. The largest absolute Gasteiger partial charge is 0.456 e. The predicted octanol–water partition coefficient (Wildman–Crippen LogP) is 15.4. The molecular formula is C60H42N4OS. The van der Waals surface area contributed by atoms with E-state index in [-0.39, 0.29) is 17.7 Å². The van der Waals surface area contributed by atoms with Crippen LogP contribution in [0.15, 0.2) is 204 Å². The molecule has 0 fully saturated rings. The minimum absolute atomic E-state index is 0.0929. The van der Waals surface area contributed by atoms with E-state index in [1.165, 1.54) is 86.6 Å². The van der Waals surface area contributed by atoms with Gasteiger partial charge >= 0.3 is 0 Å². The third kappa shape index (κ3) is 5.65. The fourth-order valence-corrected chi connectivity index (χ4v) is 12.2. The van der Waals surface area contributed by atoms with Crippen LogP contribution in [-0.2, 0) is 5.41 Å². The molecule has 0 saturated carbocycles. The zero-order valence-electron chi connectivity index (χ0n) is 36.3. The van der Waals surface area contributed by atoms with Crippen LogP contribution >= 0.6 is 11.3 Å². The molecule has 1 aliphatic carbocycles. The summed E-state index contributed by atoms with van der Waals surface area (Å²) in [6, 6.07) is 70.6. The fourth-order valence-electron chi connectivity index (χ4n) is 11.0. The molecule has 0 radical (unpaired) electrons. The van der Waals surface area contributed by atoms with Crippen molar-refractivity contribution in [1.82, 2.24) is 15.2 Å². The van der Waals surface area contributed by atoms with E-state index in [1.807, 2.05) is 17.4 Å². The van der Waals surface area contributed by atoms with Crippen LogP contribution in [0.25, 0.3) is 91.9 Å². The number of rotatable bonds is 5. The first-order chi connectivity index (χ1) is 32.4. The highest BCUT2D eigenvalue weighted by atomic mass is 32.1. The second-order valence-electron chi connectivity index (χ2n) is 18.4. The van der Waals surface area contributed by atoms with E-state index in [0.717, 1.165) is 38.9 Å². The molecule has 5 nitrogen and oxygen atoms in total. The van der Waals surface area contributed by atoms with Gasteiger partial charge in [0.15, 0.2) is 0 Å². The zero-order valence-corrected chi connectivity index (χ0v) is 37.2. The van der Waals surface area contributed by atoms with Crippen molar-refractivity contribution >= 4 is 81.1 Å². The summed E-state index contributed by atoms with van der Waals surface area (Å²) in [6.45, 7) is 4.67. The van der Waals surface area contributed by atoms with Gasteiger partial charge in [-0.15, -0.1) is 11.3 Å². The van der Waals surface area contributed by atoms with Crippen LogP contribution in [-0.4, -0.2) is 10.4 Å². The molecule has 12 aromatic rings. The Hall–Kier alpha value is -7.77. The summed E-state index contributed by atoms with van der Waals surface area (Å²) >= 11 is 1.86. The summed E-state index contributed by atoms with van der Waals surface area (Å²) in [5, 5.41) is 14.9. The standard InChI is InChI=1S/C60H42N4OS/c1-60(2)49-17-9-6-14-41(49)42-25-21-38(31-50(42)60)58-61-57(35-12-4-3-5-13-35)62-59(63-58)39-22-26-45-48-30-36(23-29-53(48)65-54(45)32-39)37-20-27-46-47-28-24-40(34-56(47)66-55(46)33-37)64-51-18-10-7-15-43(51)44-16-8-11-19-52(44)64/h3-34,58-59,63H,1-2H3,(H,61,62). The van der Waals surface area contributed by atoms with E-state index in [1.54, 1.807) is 0 Å². The van der Waals surface area contributed by atoms with Gasteiger partial charge in [-0.2, -0.15) is 0 Å². The Balaban J connectivity index is 0.801. The van der Waals surface area contributed by atoms with E-state index in [2.05, 4.69) is 217 Å². The molecule has 9 aromatic carbocycles. The number of thiophene rings is 1. The molecule has 2 unspecified atom stereocenters. The summed E-state index contributed by atoms with van der Waals surface area (Å²) in [6.07, 6.45) is -0.467. The Morgan fingerprint density at radius 1 is 0.500 bits per heavy atom. The average Bonchev–Trinajstić information content (AvgIpc) is 4.09. The summed E-state index contributed by atoms with van der Waals surface area (Å²) in [4.78, 5) is 5.28. The van der Waals surface area contributed by atoms with E-state index in [9.17, 15) is 0 Å². The Morgan fingerprint density at radius 2 is 1.17 bits per heavy atom. The number of nitrogens with zero attached hydrogens (tertiary/aromatic N) is 2. The third-order valence-corrected chi connectivity index (χ3v) is 15.4. The smallest absolute Gasteiger partial charge is 0.135 e. The molecule has 0 saturated heterocycles. The van der Waals surface area contributed by atoms with E-state index in [0.29, 0.717) is 0 Å². The second kappa shape index (κ2) is 14.1. The lowest BCUT2D eigenvalue weighted by Crippen LogP contribution is -2.45. The van der Waals surface area contributed by atoms with E-state index < -0.39 is 0 Å². The molecule has 0 spiro atoms. The highest BCUT2D eigenvalue weighted by Crippen LogP contribution is 2.49. The van der Waals surface area contributed by atoms with Gasteiger partial charge in [0.1, 0.15) is 29.3 Å². The molecule has 2 atom stereocenters. The monoisotopic (exact) mass is 866 g/mol. The van der Waals surface area contributed by atoms with E-state index in [4.69, 9.17) is 9.41 Å². The molecule has 1 aliphatic heterocycles. The van der Waals surface area contributed by atoms with Gasteiger partial charge < -0.3 is 14.3 Å². The third-order valence-electron chi connectivity index (χ3n) is 14.3. The lowest BCUT2D eigenvalue weighted by atomic mass is 9.82. The van der Waals surface area contributed by atoms with Gasteiger partial charge in [-0.05, 0) is 93.0 Å². The maximum atomic E-state index is 6.62. The summed E-state index contributed by atoms with van der Waals surface area (Å²) in [7, 11) is 0. The Labute approximate surface area is 385 Å². The van der Waals surface area contributed by atoms with Gasteiger partial charge in [0.05, 0.1) is 11.0 Å². The molecule has 66 heavy (non-hydrogen) atoms. The van der Waals surface area contributed by atoms with Gasteiger partial charge in [-0.1, -0.05) is 159 Å². The lowest BCUT2D eigenvalue weighted by Gasteiger charge is -2.33. The maximum Gasteiger partial charge on any atom is 0.135 e. The van der Waals surface area contributed by atoms with Gasteiger partial charge in [-0.25, -0.2) is 4.99 Å². The Morgan fingerprint density at radius 3 is 2.00 bits per heavy atom. The summed E-state index contributed by atoms with van der Waals surface area (Å²) < 4.78 is 11.6. The number of aromatic nitrogens is 1. The molecule has 314 valence electrons. The number of aliphatic imine (C=N–C) groups is 1. The topological polar surface area (TPSA) is 54.5 Å². The molecule has 4 heterocycles. The van der Waals surface area contributed by atoms with Crippen molar-refractivity contribution in [3.05, 3.63) is 222 Å². The first-order valence-corrected chi connectivity index (χ1v) is 23.6. The van der Waals surface area contributed by atoms with Crippen LogP contribution in [0.2, 0.25) is 0 Å². The molecule has 0 bridgehead atoms. The van der Waals surface area contributed by atoms with Gasteiger partial charge in [0.25, 0.3) is 0 Å². The average molecular weight is 867 g/mol. The second-order valence-corrected chi connectivity index (χ2v) is 19.5. The first kappa shape index (κ1) is 37.6. The normalized spacial score (nSPS) is 16.6. The lowest BCUT2D eigenvalue weighted by molar-refractivity contribution is 0.408. The van der Waals surface area contributed by atoms with Crippen LogP contribution in [0.5, 0.6) is 0 Å². The molecule has 2 aliphatic rings. The van der Waals surface area contributed by atoms with Gasteiger partial charge in [0, 0.05) is 58.4 Å². The molecule has 6 heteroatoms. The quantitative estimate of drug-likeness (QED) is 0.181. The number of furan rings is 1. The molecule has 14 rings (SSSR count). The molecular weight excluding hydrogens is 825 g/mol. The van der Waals surface area contributed by atoms with Crippen LogP contribution in [0.4, 0.5) is 0 Å². The number of hydrogen-bond donors (Lipinski definition) is 2. The zero-order chi connectivity index (χ0) is 43.7. The van der Waals surface area contributed by atoms with Crippen molar-refractivity contribution in [2.45, 2.75) is 31.6 Å². The van der Waals surface area contributed by atoms with Crippen molar-refractivity contribution in [1.29, 1.82) is 0 Å². The SMILES string of the molecule is CC1(C)c2ccccc2-c2ccc(C3NC(c4ccccc4)=NC(c4ccc5c(c4)oc4ccc(-c6ccc7c(c6)sc6cc(-n8c9ccccc9c9ccccc98)ccc67)cc45)N3)cc21. The summed E-state index contributed by atoms with van der Waals surface area (Å²) in [5.41, 5.74) is 16.3. The number of amidine groups is 1. The predicted molar refractivity (Wildman–Crippen MR) is 275 cm³/mol. The van der Waals surface area contributed by atoms with Crippen molar-refractivity contribution in [2.75, 3.05) is 0 Å². The van der Waals surface area contributed by atoms with Crippen LogP contribution in [0, 0.1) is 0 Å². The highest BCUT2D eigenvalue weighted by molar-refractivity contribution is 7.25. The number of para-hydroxylation sites is 2. The number of nitrogens with one attached hydrogen (secondary N) is 2. The van der Waals surface area contributed by atoms with Crippen molar-refractivity contribution in [2.24, 2.45) is 4.99 Å². The molecule has 0 amide bonds. The minimum atomic E-state index is -0.302. The minimum Gasteiger partial charge on any atom is -0.456 e. The Kier molecular flexibility index (Phi) is 8.04. The van der Waals surface area contributed by atoms with Crippen LogP contribution in [0.3, 0.4) is 0 Å². The first-order valence-electron chi connectivity index (χ1n) is 22.7. The number of fused-ring (bicyclic) bond motifs is 12. The van der Waals surface area contributed by atoms with Crippen molar-refractivity contribution in [3.63, 3.8) is 0 Å². The fraction of sp³-hybridized carbons (Fsp3) is 0.0833. The van der Waals surface area contributed by atoms with Crippen molar-refractivity contribution < 1.29 is 4.42 Å². The van der Waals surface area contributed by atoms with Crippen molar-refractivity contribution in [3.8, 4) is 27.9 Å². The number of hydrogen-bond acceptors (Lipinski definition) is 5. The number of benzene rings is 9. The van der Waals surface area contributed by atoms with Crippen LogP contribution < -0.4 is 10.6 Å². The Bertz CT molecular complexity index is 3950. The van der Waals surface area contributed by atoms with Gasteiger partial charge in [0.2, 0.25) is 0 Å². The summed E-state index contributed by atoms with van der Waals surface area (Å²) in [5.74, 6) is 0.862. The van der Waals surface area contributed by atoms with E-state index >= 15 is 0 Å². The molecule has 2 N–H and O–H groups in total. The molecule has 3 aromatic heterocycles. The highest BCUT2D eigenvalue weighted by Gasteiger charge is 2.36. The van der Waals surface area contributed by atoms with Crippen LogP contribution in [0.1, 0.15) is 54.0 Å².